The largest absolute Gasteiger partial charge is 0.390 e. The Morgan fingerprint density at radius 3 is 1.54 bits per heavy atom. The molecule has 0 spiro atoms. The average Bonchev–Trinajstić information content (AvgIpc) is 2.88. The fourth-order valence-electron chi connectivity index (χ4n) is 3.06. The van der Waals surface area contributed by atoms with Gasteiger partial charge in [-0.2, -0.15) is 16.8 Å². The van der Waals surface area contributed by atoms with Crippen LogP contribution in [0.25, 0.3) is 0 Å². The maximum Gasteiger partial charge on any atom is 0.294 e. The lowest BCUT2D eigenvalue weighted by Gasteiger charge is -2.21. The molecule has 3 rings (SSSR count). The summed E-state index contributed by atoms with van der Waals surface area (Å²) in [6, 6.07) is 22.2. The monoisotopic (exact) mass is 580 g/mol. The number of nitrogens with one attached hydrogen (secondary N) is 1. The molecule has 0 aliphatic rings. The molecule has 0 amide bonds. The third kappa shape index (κ3) is 14.4. The number of aryl methyl sites for hydroxylation is 2. The van der Waals surface area contributed by atoms with Crippen molar-refractivity contribution in [3.05, 3.63) is 95.6 Å². The van der Waals surface area contributed by atoms with E-state index in [1.807, 2.05) is 44.2 Å². The van der Waals surface area contributed by atoms with E-state index in [9.17, 15) is 21.9 Å². The molecule has 0 heterocycles. The molecule has 0 unspecified atom stereocenters. The van der Waals surface area contributed by atoms with Gasteiger partial charge in [-0.25, -0.2) is 0 Å². The first-order valence-electron chi connectivity index (χ1n) is 12.4. The highest BCUT2D eigenvalue weighted by Gasteiger charge is 2.15. The van der Waals surface area contributed by atoms with E-state index in [0.717, 1.165) is 17.5 Å². The van der Waals surface area contributed by atoms with Gasteiger partial charge in [0.1, 0.15) is 0 Å². The molecule has 0 radical (unpaired) electrons. The van der Waals surface area contributed by atoms with Crippen LogP contribution in [0.5, 0.6) is 0 Å². The van der Waals surface area contributed by atoms with Gasteiger partial charge in [0.05, 0.1) is 15.9 Å². The van der Waals surface area contributed by atoms with E-state index in [-0.39, 0.29) is 15.8 Å². The molecule has 0 aliphatic heterocycles. The Kier molecular flexibility index (Phi) is 14.5. The normalized spacial score (nSPS) is 13.6. The standard InChI is InChI=1S/C14H24N2O.2C7H8O3S/c1-3-11(2)16-10-14(17)13(15)9-12-7-5-4-6-8-12;2*1-6-2-4-7(5-3-6)11(8,9)10/h4-8,11,13-14,16-17H,3,9-10,15H2,1-2H3;2*2-5H,1H3,(H,8,9,10)/t11-,13+,14-;;/m1../s1. The van der Waals surface area contributed by atoms with E-state index in [2.05, 4.69) is 19.2 Å². The minimum Gasteiger partial charge on any atom is -0.390 e. The molecule has 3 aromatic rings. The summed E-state index contributed by atoms with van der Waals surface area (Å²) in [6.07, 6.45) is 1.27. The lowest BCUT2D eigenvalue weighted by Crippen LogP contribution is -2.45. The molecule has 3 aromatic carbocycles. The van der Waals surface area contributed by atoms with Crippen LogP contribution in [-0.2, 0) is 26.7 Å². The molecule has 3 atom stereocenters. The maximum atomic E-state index is 10.5. The molecular formula is C28H40N2O7S2. The van der Waals surface area contributed by atoms with E-state index >= 15 is 0 Å². The van der Waals surface area contributed by atoms with Gasteiger partial charge in [0.2, 0.25) is 0 Å². The van der Waals surface area contributed by atoms with E-state index in [1.165, 1.54) is 29.8 Å². The fourth-order valence-corrected chi connectivity index (χ4v) is 4.02. The molecule has 11 heteroatoms. The van der Waals surface area contributed by atoms with Crippen molar-refractivity contribution in [3.63, 3.8) is 0 Å². The van der Waals surface area contributed by atoms with Gasteiger partial charge >= 0.3 is 0 Å². The Morgan fingerprint density at radius 1 is 0.769 bits per heavy atom. The summed E-state index contributed by atoms with van der Waals surface area (Å²) in [5.74, 6) is 0. The van der Waals surface area contributed by atoms with Crippen molar-refractivity contribution in [2.24, 2.45) is 5.73 Å². The highest BCUT2D eigenvalue weighted by molar-refractivity contribution is 7.86. The van der Waals surface area contributed by atoms with E-state index in [1.54, 1.807) is 24.3 Å². The molecular weight excluding hydrogens is 540 g/mol. The van der Waals surface area contributed by atoms with Crippen molar-refractivity contribution in [2.75, 3.05) is 6.54 Å². The Bertz CT molecular complexity index is 1240. The number of hydrogen-bond acceptors (Lipinski definition) is 7. The summed E-state index contributed by atoms with van der Waals surface area (Å²) in [5, 5.41) is 13.2. The number of benzene rings is 3. The summed E-state index contributed by atoms with van der Waals surface area (Å²) < 4.78 is 59.1. The van der Waals surface area contributed by atoms with Gasteiger partial charge in [-0.1, -0.05) is 72.6 Å². The summed E-state index contributed by atoms with van der Waals surface area (Å²) in [5.41, 5.74) is 9.07. The van der Waals surface area contributed by atoms with Crippen LogP contribution in [0.4, 0.5) is 0 Å². The van der Waals surface area contributed by atoms with Crippen LogP contribution in [0.15, 0.2) is 88.7 Å². The van der Waals surface area contributed by atoms with Crippen molar-refractivity contribution in [2.45, 2.75) is 68.5 Å². The third-order valence-corrected chi connectivity index (χ3v) is 7.47. The molecule has 6 N–H and O–H groups in total. The molecule has 0 saturated carbocycles. The predicted molar refractivity (Wildman–Crippen MR) is 154 cm³/mol. The van der Waals surface area contributed by atoms with Crippen molar-refractivity contribution in [1.82, 2.24) is 5.32 Å². The Labute approximate surface area is 232 Å². The summed E-state index contributed by atoms with van der Waals surface area (Å²) in [6.45, 7) is 8.47. The Balaban J connectivity index is 0.000000304. The summed E-state index contributed by atoms with van der Waals surface area (Å²) in [4.78, 5) is -0.133. The van der Waals surface area contributed by atoms with E-state index < -0.39 is 26.3 Å². The average molecular weight is 581 g/mol. The highest BCUT2D eigenvalue weighted by Crippen LogP contribution is 2.09. The van der Waals surface area contributed by atoms with Crippen LogP contribution in [0.3, 0.4) is 0 Å². The number of aliphatic hydroxyl groups excluding tert-OH is 1. The molecule has 0 bridgehead atoms. The Hall–Kier alpha value is -2.64. The molecule has 0 saturated heterocycles. The minimum atomic E-state index is -4.02. The van der Waals surface area contributed by atoms with Crippen LogP contribution >= 0.6 is 0 Å². The summed E-state index contributed by atoms with van der Waals surface area (Å²) in [7, 11) is -8.04. The van der Waals surface area contributed by atoms with E-state index in [0.29, 0.717) is 19.0 Å². The highest BCUT2D eigenvalue weighted by atomic mass is 32.2. The second-order valence-corrected chi connectivity index (χ2v) is 12.1. The quantitative estimate of drug-likeness (QED) is 0.237. The molecule has 0 aliphatic carbocycles. The molecule has 9 nitrogen and oxygen atoms in total. The van der Waals surface area contributed by atoms with Gasteiger partial charge in [0, 0.05) is 18.6 Å². The van der Waals surface area contributed by atoms with Gasteiger partial charge in [0.15, 0.2) is 0 Å². The first kappa shape index (κ1) is 34.4. The number of rotatable bonds is 9. The minimum absolute atomic E-state index is 0.0666. The zero-order valence-electron chi connectivity index (χ0n) is 22.7. The molecule has 216 valence electrons. The van der Waals surface area contributed by atoms with Gasteiger partial charge < -0.3 is 16.2 Å². The lowest BCUT2D eigenvalue weighted by molar-refractivity contribution is 0.138. The van der Waals surface area contributed by atoms with Crippen molar-refractivity contribution in [3.8, 4) is 0 Å². The molecule has 0 fully saturated rings. The Morgan fingerprint density at radius 2 is 1.18 bits per heavy atom. The van der Waals surface area contributed by atoms with Gasteiger partial charge in [0.25, 0.3) is 20.2 Å². The van der Waals surface area contributed by atoms with Crippen LogP contribution in [0.1, 0.15) is 37.0 Å². The SMILES string of the molecule is CC[C@@H](C)NC[C@@H](O)[C@@H](N)Cc1ccccc1.Cc1ccc(S(=O)(=O)O)cc1.Cc1ccc(S(=O)(=O)O)cc1. The molecule has 0 aromatic heterocycles. The van der Waals surface area contributed by atoms with Gasteiger partial charge in [-0.15, -0.1) is 0 Å². The van der Waals surface area contributed by atoms with Crippen LogP contribution in [-0.4, -0.2) is 55.8 Å². The van der Waals surface area contributed by atoms with Crippen molar-refractivity contribution < 1.29 is 31.0 Å². The number of nitrogens with two attached hydrogens (primary N) is 1. The van der Waals surface area contributed by atoms with E-state index in [4.69, 9.17) is 14.8 Å². The first-order chi connectivity index (χ1) is 18.1. The third-order valence-electron chi connectivity index (χ3n) is 5.73. The zero-order chi connectivity index (χ0) is 29.6. The van der Waals surface area contributed by atoms with Crippen LogP contribution in [0.2, 0.25) is 0 Å². The topological polar surface area (TPSA) is 167 Å². The lowest BCUT2D eigenvalue weighted by atomic mass is 10.0. The van der Waals surface area contributed by atoms with Crippen molar-refractivity contribution in [1.29, 1.82) is 0 Å². The number of aliphatic hydroxyl groups is 1. The fraction of sp³-hybridized carbons (Fsp3) is 0.357. The van der Waals surface area contributed by atoms with Crippen molar-refractivity contribution >= 4 is 20.2 Å². The zero-order valence-corrected chi connectivity index (χ0v) is 24.4. The smallest absolute Gasteiger partial charge is 0.294 e. The maximum absolute atomic E-state index is 10.5. The first-order valence-corrected chi connectivity index (χ1v) is 15.3. The summed E-state index contributed by atoms with van der Waals surface area (Å²) >= 11 is 0. The van der Waals surface area contributed by atoms with Gasteiger partial charge in [-0.3, -0.25) is 9.11 Å². The van der Waals surface area contributed by atoms with Crippen LogP contribution < -0.4 is 11.1 Å². The number of hydrogen-bond donors (Lipinski definition) is 5. The van der Waals surface area contributed by atoms with Gasteiger partial charge in [-0.05, 0) is 63.4 Å². The second kappa shape index (κ2) is 16.5. The van der Waals surface area contributed by atoms with Crippen LogP contribution in [0, 0.1) is 13.8 Å². The second-order valence-electron chi connectivity index (χ2n) is 9.21. The predicted octanol–water partition coefficient (Wildman–Crippen LogP) is 3.79. The molecule has 39 heavy (non-hydrogen) atoms.